The van der Waals surface area contributed by atoms with Gasteiger partial charge in [-0.25, -0.2) is 9.28 Å². The lowest BCUT2D eigenvalue weighted by molar-refractivity contribution is -0.875. The Morgan fingerprint density at radius 3 is 2.32 bits per heavy atom. The van der Waals surface area contributed by atoms with Crippen molar-refractivity contribution in [3.05, 3.63) is 35.4 Å². The highest BCUT2D eigenvalue weighted by Gasteiger charge is 2.50. The minimum atomic E-state index is -1.34. The number of benzene rings is 1. The van der Waals surface area contributed by atoms with Crippen LogP contribution in [-0.4, -0.2) is 78.0 Å². The zero-order chi connectivity index (χ0) is 21.7. The number of carbonyl (C=O) groups is 2. The topological polar surface area (TPSA) is 78.9 Å². The van der Waals surface area contributed by atoms with Crippen molar-refractivity contribution in [1.82, 2.24) is 10.2 Å². The molecule has 1 unspecified atom stereocenters. The lowest BCUT2D eigenvalue weighted by atomic mass is 9.95. The van der Waals surface area contributed by atoms with Gasteiger partial charge in [-0.3, -0.25) is 9.69 Å². The third-order valence-corrected chi connectivity index (χ3v) is 7.13. The highest BCUT2D eigenvalue weighted by Crippen LogP contribution is 2.28. The number of aliphatic hydroxyl groups excluding tert-OH is 1. The minimum Gasteiger partial charge on any atom is -0.379 e. The number of hydrogen-bond acceptors (Lipinski definition) is 5. The van der Waals surface area contributed by atoms with Gasteiger partial charge in [-0.1, -0.05) is 31.4 Å². The molecule has 170 valence electrons. The second-order valence-corrected chi connectivity index (χ2v) is 9.30. The van der Waals surface area contributed by atoms with Crippen LogP contribution in [0.4, 0.5) is 0 Å². The molecule has 4 rings (SSSR count). The van der Waals surface area contributed by atoms with E-state index in [1.54, 1.807) is 0 Å². The van der Waals surface area contributed by atoms with E-state index in [-0.39, 0.29) is 16.4 Å². The second kappa shape index (κ2) is 10.2. The second-order valence-electron chi connectivity index (χ2n) is 9.30. The van der Waals surface area contributed by atoms with Crippen LogP contribution in [0.5, 0.6) is 0 Å². The van der Waals surface area contributed by atoms with Crippen LogP contribution in [0.3, 0.4) is 0 Å². The molecule has 0 radical (unpaired) electrons. The summed E-state index contributed by atoms with van der Waals surface area (Å²) >= 11 is 0. The summed E-state index contributed by atoms with van der Waals surface area (Å²) in [5.41, 5.74) is 1.72. The van der Waals surface area contributed by atoms with E-state index in [0.29, 0.717) is 18.7 Å². The highest BCUT2D eigenvalue weighted by molar-refractivity contribution is 5.91. The maximum absolute atomic E-state index is 13.5. The average molecular weight is 431 g/mol. The van der Waals surface area contributed by atoms with Gasteiger partial charge in [-0.05, 0) is 30.5 Å². The molecule has 1 aliphatic carbocycles. The predicted octanol–water partition coefficient (Wildman–Crippen LogP) is 2.04. The summed E-state index contributed by atoms with van der Waals surface area (Å²) in [4.78, 5) is 28.7. The number of ether oxygens (including phenoxy) is 1. The van der Waals surface area contributed by atoms with Crippen molar-refractivity contribution >= 4 is 11.8 Å². The van der Waals surface area contributed by atoms with Gasteiger partial charge in [-0.15, -0.1) is 0 Å². The molecule has 31 heavy (non-hydrogen) atoms. The van der Waals surface area contributed by atoms with Crippen LogP contribution >= 0.6 is 0 Å². The van der Waals surface area contributed by atoms with Crippen molar-refractivity contribution < 1.29 is 23.9 Å². The largest absolute Gasteiger partial charge is 0.379 e. The molecule has 1 aromatic rings. The van der Waals surface area contributed by atoms with E-state index < -0.39 is 12.1 Å². The van der Waals surface area contributed by atoms with Crippen LogP contribution in [0.25, 0.3) is 0 Å². The first-order chi connectivity index (χ1) is 15.1. The van der Waals surface area contributed by atoms with Crippen LogP contribution < -0.4 is 5.32 Å². The third kappa shape index (κ3) is 5.17. The average Bonchev–Trinajstić information content (AvgIpc) is 3.31. The molecule has 2 aliphatic heterocycles. The summed E-state index contributed by atoms with van der Waals surface area (Å²) < 4.78 is 5.22. The Morgan fingerprint density at radius 1 is 1.03 bits per heavy atom. The monoisotopic (exact) mass is 430 g/mol. The van der Waals surface area contributed by atoms with E-state index >= 15 is 0 Å². The Labute approximate surface area is 184 Å². The normalized spacial score (nSPS) is 23.4. The zero-order valence-electron chi connectivity index (χ0n) is 18.4. The number of amides is 2. The van der Waals surface area contributed by atoms with Crippen molar-refractivity contribution in [2.75, 3.05) is 39.4 Å². The van der Waals surface area contributed by atoms with Crippen LogP contribution in [0.1, 0.15) is 60.9 Å². The fourth-order valence-corrected chi connectivity index (χ4v) is 5.23. The van der Waals surface area contributed by atoms with Gasteiger partial charge in [0.25, 0.3) is 6.23 Å². The Balaban J connectivity index is 1.44. The van der Waals surface area contributed by atoms with Crippen molar-refractivity contribution in [2.45, 2.75) is 63.8 Å². The standard InChI is InChI=1S/C24H35N3O4/c28-22(25-21-6-2-1-3-7-21)24(30)27(14-4-5-15-27)23(29)20-10-8-19(9-11-20)18-26-12-16-31-17-13-26/h8-11,21,24,30H,1-7,12-18H2/p+1. The molecule has 1 aromatic carbocycles. The summed E-state index contributed by atoms with van der Waals surface area (Å²) in [6, 6.07) is 7.80. The maximum Gasteiger partial charge on any atom is 0.348 e. The highest BCUT2D eigenvalue weighted by atomic mass is 16.5. The van der Waals surface area contributed by atoms with Gasteiger partial charge in [0.05, 0.1) is 31.9 Å². The van der Waals surface area contributed by atoms with Crippen LogP contribution in [0.2, 0.25) is 0 Å². The van der Waals surface area contributed by atoms with Gasteiger partial charge < -0.3 is 15.2 Å². The molecule has 1 saturated carbocycles. The molecule has 0 aromatic heterocycles. The van der Waals surface area contributed by atoms with Crippen molar-refractivity contribution in [1.29, 1.82) is 0 Å². The van der Waals surface area contributed by atoms with E-state index in [1.165, 1.54) is 6.42 Å². The maximum atomic E-state index is 13.5. The molecule has 3 fully saturated rings. The number of nitrogens with one attached hydrogen (secondary N) is 1. The first kappa shape index (κ1) is 22.4. The fourth-order valence-electron chi connectivity index (χ4n) is 5.23. The molecule has 2 saturated heterocycles. The van der Waals surface area contributed by atoms with Crippen LogP contribution in [0.15, 0.2) is 24.3 Å². The molecule has 1 atom stereocenters. The Kier molecular flexibility index (Phi) is 7.38. The SMILES string of the molecule is O=C(NC1CCCCC1)C(O)[N+]1(C(=O)c2ccc(CN3CCOCC3)cc2)CCCC1. The fraction of sp³-hybridized carbons (Fsp3) is 0.667. The number of carbonyl (C=O) groups excluding carboxylic acids is 2. The van der Waals surface area contributed by atoms with Gasteiger partial charge in [-0.2, -0.15) is 0 Å². The number of hydrogen-bond donors (Lipinski definition) is 2. The summed E-state index contributed by atoms with van der Waals surface area (Å²) in [5.74, 6) is -0.548. The zero-order valence-corrected chi connectivity index (χ0v) is 18.4. The minimum absolute atomic E-state index is 0.119. The molecule has 3 aliphatic rings. The van der Waals surface area contributed by atoms with Crippen molar-refractivity contribution in [3.63, 3.8) is 0 Å². The lowest BCUT2D eigenvalue weighted by Gasteiger charge is -2.35. The number of quaternary nitrogens is 1. The molecule has 2 amide bonds. The van der Waals surface area contributed by atoms with Crippen molar-refractivity contribution in [3.8, 4) is 0 Å². The lowest BCUT2D eigenvalue weighted by Crippen LogP contribution is -2.63. The van der Waals surface area contributed by atoms with Crippen molar-refractivity contribution in [2.24, 2.45) is 0 Å². The number of aliphatic hydroxyl groups is 1. The Morgan fingerprint density at radius 2 is 1.68 bits per heavy atom. The first-order valence-corrected chi connectivity index (χ1v) is 11.9. The van der Waals surface area contributed by atoms with Gasteiger partial charge in [0.1, 0.15) is 0 Å². The predicted molar refractivity (Wildman–Crippen MR) is 117 cm³/mol. The molecule has 0 bridgehead atoms. The van der Waals surface area contributed by atoms with Gasteiger partial charge >= 0.3 is 11.8 Å². The van der Waals surface area contributed by atoms with Gasteiger partial charge in [0.15, 0.2) is 0 Å². The summed E-state index contributed by atoms with van der Waals surface area (Å²) in [6.45, 7) is 5.21. The molecule has 7 nitrogen and oxygen atoms in total. The smallest absolute Gasteiger partial charge is 0.348 e. The van der Waals surface area contributed by atoms with E-state index in [4.69, 9.17) is 4.74 Å². The van der Waals surface area contributed by atoms with E-state index in [1.807, 2.05) is 24.3 Å². The number of likely N-dealkylation sites (tertiary alicyclic amines) is 1. The number of nitrogens with zero attached hydrogens (tertiary/aromatic N) is 2. The van der Waals surface area contributed by atoms with E-state index in [2.05, 4.69) is 10.2 Å². The molecule has 7 heteroatoms. The first-order valence-electron chi connectivity index (χ1n) is 11.9. The van der Waals surface area contributed by atoms with E-state index in [0.717, 1.165) is 76.9 Å². The molecular weight excluding hydrogens is 394 g/mol. The molecule has 0 spiro atoms. The molecule has 2 heterocycles. The summed E-state index contributed by atoms with van der Waals surface area (Å²) in [5, 5.41) is 14.0. The molecular formula is C24H36N3O4+. The Bertz CT molecular complexity index is 749. The van der Waals surface area contributed by atoms with Crippen LogP contribution in [0, 0.1) is 0 Å². The number of morpholine rings is 1. The molecule has 2 N–H and O–H groups in total. The third-order valence-electron chi connectivity index (χ3n) is 7.13. The quantitative estimate of drug-likeness (QED) is 0.676. The van der Waals surface area contributed by atoms with Crippen LogP contribution in [-0.2, 0) is 16.1 Å². The van der Waals surface area contributed by atoms with E-state index in [9.17, 15) is 14.7 Å². The summed E-state index contributed by atoms with van der Waals surface area (Å²) in [6.07, 6.45) is 5.67. The Hall–Kier alpha value is -1.80. The number of rotatable bonds is 6. The van der Waals surface area contributed by atoms with Gasteiger partial charge in [0.2, 0.25) is 0 Å². The van der Waals surface area contributed by atoms with Gasteiger partial charge in [0, 0.05) is 38.5 Å². The summed E-state index contributed by atoms with van der Waals surface area (Å²) in [7, 11) is 0.